The first-order valence-corrected chi connectivity index (χ1v) is 6.58. The molecule has 1 atom stereocenters. The molecule has 1 aliphatic heterocycles. The average molecular weight is 264 g/mol. The van der Waals surface area contributed by atoms with Gasteiger partial charge < -0.3 is 10.3 Å². The SMILES string of the molecule is C=CC[N+]1(CCN)C=CCC1.COS(=O)(=O)[O-]. The molecule has 0 aliphatic carbocycles. The summed E-state index contributed by atoms with van der Waals surface area (Å²) in [6.45, 7) is 7.79. The van der Waals surface area contributed by atoms with Gasteiger partial charge in [0.05, 0.1) is 26.4 Å². The fraction of sp³-hybridized carbons (Fsp3) is 0.600. The van der Waals surface area contributed by atoms with Gasteiger partial charge in [0.25, 0.3) is 0 Å². The topological polar surface area (TPSA) is 92.5 Å². The zero-order valence-corrected chi connectivity index (χ0v) is 10.9. The summed E-state index contributed by atoms with van der Waals surface area (Å²) in [5.74, 6) is 0. The largest absolute Gasteiger partial charge is 0.726 e. The van der Waals surface area contributed by atoms with E-state index in [0.29, 0.717) is 0 Å². The highest BCUT2D eigenvalue weighted by atomic mass is 32.3. The summed E-state index contributed by atoms with van der Waals surface area (Å²) in [5.41, 5.74) is 5.54. The first kappa shape index (κ1) is 16.3. The molecule has 7 heteroatoms. The molecule has 1 rings (SSSR count). The summed E-state index contributed by atoms with van der Waals surface area (Å²) in [6.07, 6.45) is 7.66. The fourth-order valence-corrected chi connectivity index (χ4v) is 1.65. The van der Waals surface area contributed by atoms with Crippen molar-refractivity contribution in [3.63, 3.8) is 0 Å². The molecule has 1 unspecified atom stereocenters. The van der Waals surface area contributed by atoms with Crippen molar-refractivity contribution in [1.82, 2.24) is 0 Å². The molecule has 1 heterocycles. The molecule has 17 heavy (non-hydrogen) atoms. The van der Waals surface area contributed by atoms with E-state index in [9.17, 15) is 13.0 Å². The maximum absolute atomic E-state index is 9.22. The van der Waals surface area contributed by atoms with Crippen LogP contribution in [0.25, 0.3) is 0 Å². The first-order chi connectivity index (χ1) is 7.89. The number of nitrogens with two attached hydrogens (primary N) is 1. The van der Waals surface area contributed by atoms with Crippen LogP contribution in [0.5, 0.6) is 0 Å². The highest BCUT2D eigenvalue weighted by molar-refractivity contribution is 7.80. The van der Waals surface area contributed by atoms with Crippen LogP contribution in [0, 0.1) is 0 Å². The maximum atomic E-state index is 9.22. The second kappa shape index (κ2) is 7.57. The van der Waals surface area contributed by atoms with E-state index in [1.807, 2.05) is 6.08 Å². The lowest BCUT2D eigenvalue weighted by Gasteiger charge is -2.29. The average Bonchev–Trinajstić information content (AvgIpc) is 2.68. The van der Waals surface area contributed by atoms with Gasteiger partial charge in [-0.25, -0.2) is 8.42 Å². The lowest BCUT2D eigenvalue weighted by molar-refractivity contribution is -0.866. The van der Waals surface area contributed by atoms with Gasteiger partial charge in [0, 0.05) is 13.0 Å². The molecule has 0 fully saturated rings. The van der Waals surface area contributed by atoms with Gasteiger partial charge in [0.15, 0.2) is 0 Å². The van der Waals surface area contributed by atoms with Gasteiger partial charge in [0.1, 0.15) is 6.54 Å². The predicted molar refractivity (Wildman–Crippen MR) is 64.6 cm³/mol. The van der Waals surface area contributed by atoms with Gasteiger partial charge in [0.2, 0.25) is 10.4 Å². The molecule has 0 amide bonds. The molecule has 0 aromatic heterocycles. The second-order valence-electron chi connectivity index (χ2n) is 3.67. The van der Waals surface area contributed by atoms with E-state index in [1.165, 1.54) is 13.0 Å². The number of quaternary nitrogens is 1. The van der Waals surface area contributed by atoms with Gasteiger partial charge in [-0.1, -0.05) is 6.58 Å². The van der Waals surface area contributed by atoms with Crippen molar-refractivity contribution in [3.8, 4) is 0 Å². The third kappa shape index (κ3) is 7.24. The summed E-state index contributed by atoms with van der Waals surface area (Å²) >= 11 is 0. The van der Waals surface area contributed by atoms with Gasteiger partial charge in [-0.05, 0) is 12.2 Å². The van der Waals surface area contributed by atoms with Crippen LogP contribution in [0.1, 0.15) is 6.42 Å². The van der Waals surface area contributed by atoms with E-state index < -0.39 is 10.4 Å². The van der Waals surface area contributed by atoms with Gasteiger partial charge in [-0.15, -0.1) is 0 Å². The van der Waals surface area contributed by atoms with E-state index >= 15 is 0 Å². The molecular formula is C10H20N2O4S. The molecule has 6 nitrogen and oxygen atoms in total. The van der Waals surface area contributed by atoms with Gasteiger partial charge in [-0.2, -0.15) is 0 Å². The Morgan fingerprint density at radius 3 is 2.53 bits per heavy atom. The quantitative estimate of drug-likeness (QED) is 0.325. The van der Waals surface area contributed by atoms with Crippen molar-refractivity contribution in [2.75, 3.05) is 33.3 Å². The Hall–Kier alpha value is -0.730. The summed E-state index contributed by atoms with van der Waals surface area (Å²) < 4.78 is 32.0. The molecule has 100 valence electrons. The summed E-state index contributed by atoms with van der Waals surface area (Å²) in [6, 6.07) is 0. The van der Waals surface area contributed by atoms with E-state index in [2.05, 4.69) is 23.0 Å². The van der Waals surface area contributed by atoms with E-state index in [4.69, 9.17) is 5.73 Å². The minimum Gasteiger partial charge on any atom is -0.726 e. The number of hydrogen-bond acceptors (Lipinski definition) is 5. The van der Waals surface area contributed by atoms with Crippen LogP contribution in [0.3, 0.4) is 0 Å². The minimum absolute atomic E-state index is 0.762. The molecule has 1 aliphatic rings. The minimum atomic E-state index is -4.41. The third-order valence-electron chi connectivity index (χ3n) is 2.43. The molecule has 0 radical (unpaired) electrons. The Morgan fingerprint density at radius 2 is 2.24 bits per heavy atom. The molecule has 0 spiro atoms. The summed E-state index contributed by atoms with van der Waals surface area (Å²) in [4.78, 5) is 0. The predicted octanol–water partition coefficient (Wildman–Crippen LogP) is -0.0417. The Kier molecular flexibility index (Phi) is 7.24. The van der Waals surface area contributed by atoms with Crippen molar-refractivity contribution in [2.24, 2.45) is 5.73 Å². The van der Waals surface area contributed by atoms with Crippen LogP contribution < -0.4 is 5.73 Å². The Morgan fingerprint density at radius 1 is 1.65 bits per heavy atom. The van der Waals surface area contributed by atoms with Crippen molar-refractivity contribution in [2.45, 2.75) is 6.42 Å². The van der Waals surface area contributed by atoms with Crippen LogP contribution in [0.2, 0.25) is 0 Å². The highest BCUT2D eigenvalue weighted by Gasteiger charge is 2.24. The van der Waals surface area contributed by atoms with Crippen molar-refractivity contribution in [3.05, 3.63) is 24.9 Å². The lowest BCUT2D eigenvalue weighted by Crippen LogP contribution is -2.44. The van der Waals surface area contributed by atoms with Gasteiger partial charge in [-0.3, -0.25) is 8.67 Å². The monoisotopic (exact) mass is 264 g/mol. The normalized spacial score (nSPS) is 23.0. The Labute approximate surface area is 103 Å². The molecule has 0 aromatic rings. The highest BCUT2D eigenvalue weighted by Crippen LogP contribution is 2.15. The molecular weight excluding hydrogens is 244 g/mol. The lowest BCUT2D eigenvalue weighted by atomic mass is 10.3. The zero-order chi connectivity index (χ0) is 13.4. The van der Waals surface area contributed by atoms with Crippen molar-refractivity contribution >= 4 is 10.4 Å². The molecule has 0 saturated heterocycles. The zero-order valence-electron chi connectivity index (χ0n) is 10.0. The molecule has 0 bridgehead atoms. The van der Waals surface area contributed by atoms with E-state index in [1.54, 1.807) is 0 Å². The van der Waals surface area contributed by atoms with Crippen molar-refractivity contribution in [1.29, 1.82) is 0 Å². The van der Waals surface area contributed by atoms with Crippen LogP contribution in [0.4, 0.5) is 0 Å². The maximum Gasteiger partial charge on any atom is 0.217 e. The van der Waals surface area contributed by atoms with Crippen LogP contribution >= 0.6 is 0 Å². The van der Waals surface area contributed by atoms with Crippen LogP contribution in [-0.2, 0) is 14.6 Å². The Bertz CT molecular complexity index is 353. The Balaban J connectivity index is 0.000000366. The molecule has 2 N–H and O–H groups in total. The number of hydrogen-bond donors (Lipinski definition) is 1. The summed E-state index contributed by atoms with van der Waals surface area (Å²) in [5, 5.41) is 0. The fourth-order valence-electron chi connectivity index (χ4n) is 1.65. The smallest absolute Gasteiger partial charge is 0.217 e. The standard InChI is InChI=1S/C9H17N2.CH4O4S/c1-2-6-11(9-5-10)7-3-4-8-11;1-5-6(2,3)4/h2-3,7H,1,4-6,8-10H2;1H3,(H,2,3,4)/q+1;/p-1. The molecule has 0 aromatic carbocycles. The van der Waals surface area contributed by atoms with Gasteiger partial charge >= 0.3 is 0 Å². The first-order valence-electron chi connectivity index (χ1n) is 5.25. The third-order valence-corrected chi connectivity index (χ3v) is 2.84. The van der Waals surface area contributed by atoms with Crippen molar-refractivity contribution < 1.29 is 21.6 Å². The second-order valence-corrected chi connectivity index (χ2v) is 4.82. The van der Waals surface area contributed by atoms with E-state index in [0.717, 1.165) is 31.2 Å². The number of rotatable bonds is 5. The summed E-state index contributed by atoms with van der Waals surface area (Å²) in [7, 11) is -3.60. The number of nitrogens with zero attached hydrogens (tertiary/aromatic N) is 1. The van der Waals surface area contributed by atoms with E-state index in [-0.39, 0.29) is 0 Å². The van der Waals surface area contributed by atoms with Crippen LogP contribution in [-0.4, -0.2) is 50.7 Å². The van der Waals surface area contributed by atoms with Crippen LogP contribution in [0.15, 0.2) is 24.9 Å². The molecule has 0 saturated carbocycles.